The second kappa shape index (κ2) is 11.3. The summed E-state index contributed by atoms with van der Waals surface area (Å²) in [4.78, 5) is 29.2. The Hall–Kier alpha value is -3.14. The van der Waals surface area contributed by atoms with Gasteiger partial charge in [-0.3, -0.25) is 9.69 Å². The molecule has 2 heterocycles. The number of hydrogen-bond donors (Lipinski definition) is 3. The predicted molar refractivity (Wildman–Crippen MR) is 146 cm³/mol. The van der Waals surface area contributed by atoms with Crippen LogP contribution in [0.1, 0.15) is 35.3 Å². The lowest BCUT2D eigenvalue weighted by atomic mass is 9.94. The zero-order valence-electron chi connectivity index (χ0n) is 21.3. The molecule has 3 N–H and O–H groups in total. The lowest BCUT2D eigenvalue weighted by Gasteiger charge is -2.26. The molecule has 0 spiro atoms. The third-order valence-electron chi connectivity index (χ3n) is 6.05. The molecule has 8 nitrogen and oxygen atoms in total. The molecule has 9 heteroatoms. The number of nitrogens with zero attached hydrogens (tertiary/aromatic N) is 1. The highest BCUT2D eigenvalue weighted by atomic mass is 32.1. The number of benzene rings is 2. The van der Waals surface area contributed by atoms with Crippen molar-refractivity contribution in [1.82, 2.24) is 10.2 Å². The second-order valence-electron chi connectivity index (χ2n) is 9.72. The van der Waals surface area contributed by atoms with E-state index in [2.05, 4.69) is 41.6 Å². The van der Waals surface area contributed by atoms with Gasteiger partial charge in [0.05, 0.1) is 24.6 Å². The van der Waals surface area contributed by atoms with Gasteiger partial charge in [-0.1, -0.05) is 45.0 Å². The van der Waals surface area contributed by atoms with Gasteiger partial charge in [0.25, 0.3) is 5.91 Å². The third-order valence-corrected chi connectivity index (χ3v) is 7.61. The van der Waals surface area contributed by atoms with Crippen LogP contribution in [-0.4, -0.2) is 63.3 Å². The fourth-order valence-electron chi connectivity index (χ4n) is 4.03. The Kier molecular flexibility index (Phi) is 8.13. The molecule has 192 valence electrons. The van der Waals surface area contributed by atoms with E-state index in [0.29, 0.717) is 22.9 Å². The van der Waals surface area contributed by atoms with Crippen molar-refractivity contribution in [2.24, 2.45) is 0 Å². The highest BCUT2D eigenvalue weighted by Crippen LogP contribution is 2.36. The number of carbonyl (C=O) groups is 2. The number of ether oxygens (including phenoxy) is 2. The number of thiophene rings is 1. The van der Waals surface area contributed by atoms with Gasteiger partial charge in [0.15, 0.2) is 0 Å². The Morgan fingerprint density at radius 3 is 2.42 bits per heavy atom. The van der Waals surface area contributed by atoms with Crippen molar-refractivity contribution >= 4 is 45.4 Å². The maximum Gasteiger partial charge on any atom is 0.323 e. The first-order valence-corrected chi connectivity index (χ1v) is 13.0. The number of nitrogens with one attached hydrogen (secondary N) is 3. The van der Waals surface area contributed by atoms with Crippen molar-refractivity contribution < 1.29 is 19.1 Å². The van der Waals surface area contributed by atoms with E-state index >= 15 is 0 Å². The van der Waals surface area contributed by atoms with E-state index in [1.165, 1.54) is 11.3 Å². The fraction of sp³-hybridized carbons (Fsp3) is 0.407. The normalized spacial score (nSPS) is 14.4. The largest absolute Gasteiger partial charge is 0.492 e. The SMILES string of the molecule is CNC(=O)c1sc(C(C)(C)C)cc1NC(=O)Nc1ccc(OCCN2CCOCC2)c2ccccc12. The number of morpholine rings is 1. The number of amides is 3. The van der Waals surface area contributed by atoms with Crippen LogP contribution in [0.3, 0.4) is 0 Å². The molecule has 0 bridgehead atoms. The molecule has 36 heavy (non-hydrogen) atoms. The molecule has 4 rings (SSSR count). The molecule has 1 aliphatic heterocycles. The van der Waals surface area contributed by atoms with Gasteiger partial charge in [-0.15, -0.1) is 11.3 Å². The van der Waals surface area contributed by atoms with Crippen LogP contribution in [-0.2, 0) is 10.2 Å². The summed E-state index contributed by atoms with van der Waals surface area (Å²) >= 11 is 1.39. The number of carbonyl (C=O) groups excluding carboxylic acids is 2. The second-order valence-corrected chi connectivity index (χ2v) is 10.8. The van der Waals surface area contributed by atoms with E-state index in [0.717, 1.165) is 54.2 Å². The molecule has 1 aromatic heterocycles. The molecule has 3 amide bonds. The van der Waals surface area contributed by atoms with Crippen molar-refractivity contribution in [3.05, 3.63) is 52.2 Å². The van der Waals surface area contributed by atoms with Gasteiger partial charge in [0.1, 0.15) is 17.2 Å². The molecule has 2 aromatic carbocycles. The van der Waals surface area contributed by atoms with Crippen LogP contribution >= 0.6 is 11.3 Å². The Labute approximate surface area is 216 Å². The average Bonchev–Trinajstić information content (AvgIpc) is 3.29. The molecule has 0 saturated carbocycles. The van der Waals surface area contributed by atoms with Crippen LogP contribution in [0.15, 0.2) is 42.5 Å². The predicted octanol–water partition coefficient (Wildman–Crippen LogP) is 4.91. The van der Waals surface area contributed by atoms with Crippen LogP contribution in [0, 0.1) is 0 Å². The lowest BCUT2D eigenvalue weighted by Crippen LogP contribution is -2.38. The molecule has 1 aliphatic rings. The lowest BCUT2D eigenvalue weighted by molar-refractivity contribution is 0.0323. The number of rotatable bonds is 7. The number of hydrogen-bond acceptors (Lipinski definition) is 6. The molecule has 0 radical (unpaired) electrons. The van der Waals surface area contributed by atoms with Gasteiger partial charge in [-0.25, -0.2) is 4.79 Å². The van der Waals surface area contributed by atoms with Crippen molar-refractivity contribution in [1.29, 1.82) is 0 Å². The van der Waals surface area contributed by atoms with Gasteiger partial charge >= 0.3 is 6.03 Å². The summed E-state index contributed by atoms with van der Waals surface area (Å²) in [6, 6.07) is 13.0. The molecule has 0 atom stereocenters. The Bertz CT molecular complexity index is 1230. The fourth-order valence-corrected chi connectivity index (χ4v) is 5.14. The number of fused-ring (bicyclic) bond motifs is 1. The zero-order chi connectivity index (χ0) is 25.7. The van der Waals surface area contributed by atoms with Gasteiger partial charge in [0, 0.05) is 42.3 Å². The first-order valence-electron chi connectivity index (χ1n) is 12.2. The standard InChI is InChI=1S/C27H34N4O4S/c1-27(2,3)23-17-21(24(36-23)25(32)28-4)30-26(33)29-20-9-10-22(19-8-6-5-7-18(19)20)35-16-13-31-11-14-34-15-12-31/h5-10,17H,11-16H2,1-4H3,(H,28,32)(H2,29,30,33). The van der Waals surface area contributed by atoms with E-state index in [1.807, 2.05) is 42.5 Å². The van der Waals surface area contributed by atoms with Crippen molar-refractivity contribution in [3.63, 3.8) is 0 Å². The Morgan fingerprint density at radius 2 is 1.72 bits per heavy atom. The molecule has 0 unspecified atom stereocenters. The zero-order valence-corrected chi connectivity index (χ0v) is 22.1. The number of urea groups is 1. The Balaban J connectivity index is 1.48. The molecule has 1 saturated heterocycles. The topological polar surface area (TPSA) is 91.9 Å². The highest BCUT2D eigenvalue weighted by molar-refractivity contribution is 7.14. The Morgan fingerprint density at radius 1 is 1.03 bits per heavy atom. The minimum Gasteiger partial charge on any atom is -0.492 e. The monoisotopic (exact) mass is 510 g/mol. The van der Waals surface area contributed by atoms with Crippen LogP contribution in [0.5, 0.6) is 5.75 Å². The van der Waals surface area contributed by atoms with Crippen molar-refractivity contribution in [2.75, 3.05) is 57.1 Å². The van der Waals surface area contributed by atoms with Crippen LogP contribution in [0.2, 0.25) is 0 Å². The number of anilines is 2. The van der Waals surface area contributed by atoms with Gasteiger partial charge in [0.2, 0.25) is 0 Å². The maximum atomic E-state index is 13.0. The summed E-state index contributed by atoms with van der Waals surface area (Å²) in [6.07, 6.45) is 0. The summed E-state index contributed by atoms with van der Waals surface area (Å²) in [7, 11) is 1.58. The van der Waals surface area contributed by atoms with Crippen LogP contribution < -0.4 is 20.7 Å². The third kappa shape index (κ3) is 6.16. The van der Waals surface area contributed by atoms with Gasteiger partial charge in [-0.05, 0) is 23.6 Å². The maximum absolute atomic E-state index is 13.0. The van der Waals surface area contributed by atoms with Gasteiger partial charge < -0.3 is 25.4 Å². The molecule has 3 aromatic rings. The van der Waals surface area contributed by atoms with E-state index in [-0.39, 0.29) is 11.3 Å². The summed E-state index contributed by atoms with van der Waals surface area (Å²) < 4.78 is 11.5. The van der Waals surface area contributed by atoms with Crippen LogP contribution in [0.25, 0.3) is 10.8 Å². The summed E-state index contributed by atoms with van der Waals surface area (Å²) in [6.45, 7) is 11.0. The van der Waals surface area contributed by atoms with Crippen molar-refractivity contribution in [3.8, 4) is 5.75 Å². The smallest absolute Gasteiger partial charge is 0.323 e. The van der Waals surface area contributed by atoms with Gasteiger partial charge in [-0.2, -0.15) is 0 Å². The van der Waals surface area contributed by atoms with E-state index < -0.39 is 6.03 Å². The molecule has 1 fully saturated rings. The average molecular weight is 511 g/mol. The van der Waals surface area contributed by atoms with E-state index in [9.17, 15) is 9.59 Å². The molecule has 0 aliphatic carbocycles. The molecular weight excluding hydrogens is 476 g/mol. The minimum atomic E-state index is -0.412. The molecular formula is C27H34N4O4S. The summed E-state index contributed by atoms with van der Waals surface area (Å²) in [5.74, 6) is 0.550. The highest BCUT2D eigenvalue weighted by Gasteiger charge is 2.24. The summed E-state index contributed by atoms with van der Waals surface area (Å²) in [5, 5.41) is 10.3. The van der Waals surface area contributed by atoms with Crippen molar-refractivity contribution in [2.45, 2.75) is 26.2 Å². The van der Waals surface area contributed by atoms with E-state index in [4.69, 9.17) is 9.47 Å². The summed E-state index contributed by atoms with van der Waals surface area (Å²) in [5.41, 5.74) is 1.02. The quantitative estimate of drug-likeness (QED) is 0.420. The first kappa shape index (κ1) is 25.9. The van der Waals surface area contributed by atoms with E-state index in [1.54, 1.807) is 7.05 Å². The van der Waals surface area contributed by atoms with Crippen LogP contribution in [0.4, 0.5) is 16.2 Å². The first-order chi connectivity index (χ1) is 17.3. The minimum absolute atomic E-state index is 0.141.